The lowest BCUT2D eigenvalue weighted by molar-refractivity contribution is 0.100. The molecule has 1 rings (SSSR count). The second-order valence-electron chi connectivity index (χ2n) is 4.18. The third-order valence-electron chi connectivity index (χ3n) is 2.53. The Bertz CT molecular complexity index is 324. The second kappa shape index (κ2) is 7.30. The normalized spacial score (nSPS) is 10.6. The van der Waals surface area contributed by atoms with Crippen molar-refractivity contribution >= 4 is 0 Å². The first-order valence-corrected chi connectivity index (χ1v) is 6.10. The first kappa shape index (κ1) is 14.0. The zero-order chi connectivity index (χ0) is 12.7. The van der Waals surface area contributed by atoms with Crippen molar-refractivity contribution < 1.29 is 14.6 Å². The minimum Gasteiger partial charge on any atom is -0.491 e. The standard InChI is InChI=1S/C14H22O3/c1-4-5-16-6-7-17-14-11(2)8-13(10-15)9-12(14)3/h8-9,15H,4-7,10H2,1-3H3. The van der Waals surface area contributed by atoms with Crippen LogP contribution in [0.2, 0.25) is 0 Å². The third-order valence-corrected chi connectivity index (χ3v) is 2.53. The predicted octanol–water partition coefficient (Wildman–Crippen LogP) is 2.60. The zero-order valence-electron chi connectivity index (χ0n) is 11.0. The lowest BCUT2D eigenvalue weighted by atomic mass is 10.1. The van der Waals surface area contributed by atoms with E-state index in [1.165, 1.54) is 0 Å². The number of hydrogen-bond acceptors (Lipinski definition) is 3. The second-order valence-corrected chi connectivity index (χ2v) is 4.18. The Labute approximate surface area is 103 Å². The van der Waals surface area contributed by atoms with Crippen molar-refractivity contribution in [2.75, 3.05) is 19.8 Å². The van der Waals surface area contributed by atoms with Gasteiger partial charge >= 0.3 is 0 Å². The highest BCUT2D eigenvalue weighted by Gasteiger charge is 2.05. The van der Waals surface area contributed by atoms with E-state index in [9.17, 15) is 0 Å². The fraction of sp³-hybridized carbons (Fsp3) is 0.571. The Morgan fingerprint density at radius 1 is 1.06 bits per heavy atom. The van der Waals surface area contributed by atoms with Gasteiger partial charge < -0.3 is 14.6 Å². The summed E-state index contributed by atoms with van der Waals surface area (Å²) in [6.45, 7) is 8.12. The summed E-state index contributed by atoms with van der Waals surface area (Å²) in [5.74, 6) is 0.905. The number of aliphatic hydroxyl groups is 1. The van der Waals surface area contributed by atoms with E-state index >= 15 is 0 Å². The van der Waals surface area contributed by atoms with Gasteiger partial charge in [-0.25, -0.2) is 0 Å². The predicted molar refractivity (Wildman–Crippen MR) is 68.4 cm³/mol. The Morgan fingerprint density at radius 3 is 2.24 bits per heavy atom. The van der Waals surface area contributed by atoms with Crippen LogP contribution in [0.3, 0.4) is 0 Å². The van der Waals surface area contributed by atoms with Crippen LogP contribution < -0.4 is 4.74 Å². The van der Waals surface area contributed by atoms with Crippen LogP contribution >= 0.6 is 0 Å². The molecule has 0 aliphatic carbocycles. The molecule has 96 valence electrons. The third kappa shape index (κ3) is 4.36. The molecule has 0 atom stereocenters. The van der Waals surface area contributed by atoms with Gasteiger partial charge in [0.25, 0.3) is 0 Å². The fourth-order valence-corrected chi connectivity index (χ4v) is 1.81. The molecule has 1 aromatic carbocycles. The summed E-state index contributed by atoms with van der Waals surface area (Å²) < 4.78 is 11.1. The van der Waals surface area contributed by atoms with Gasteiger partial charge in [0, 0.05) is 6.61 Å². The quantitative estimate of drug-likeness (QED) is 0.742. The van der Waals surface area contributed by atoms with E-state index in [0.29, 0.717) is 13.2 Å². The van der Waals surface area contributed by atoms with Crippen molar-refractivity contribution in [3.63, 3.8) is 0 Å². The molecule has 0 aromatic heterocycles. The lowest BCUT2D eigenvalue weighted by Crippen LogP contribution is -2.09. The van der Waals surface area contributed by atoms with E-state index in [1.807, 2.05) is 26.0 Å². The number of benzene rings is 1. The van der Waals surface area contributed by atoms with Crippen LogP contribution in [-0.2, 0) is 11.3 Å². The van der Waals surface area contributed by atoms with Gasteiger partial charge in [-0.15, -0.1) is 0 Å². The molecule has 0 aliphatic rings. The number of ether oxygens (including phenoxy) is 2. The molecule has 0 aliphatic heterocycles. The van der Waals surface area contributed by atoms with Gasteiger partial charge in [-0.3, -0.25) is 0 Å². The largest absolute Gasteiger partial charge is 0.491 e. The van der Waals surface area contributed by atoms with Gasteiger partial charge in [0.15, 0.2) is 0 Å². The van der Waals surface area contributed by atoms with E-state index in [0.717, 1.165) is 35.5 Å². The van der Waals surface area contributed by atoms with Crippen molar-refractivity contribution in [2.24, 2.45) is 0 Å². The number of aliphatic hydroxyl groups excluding tert-OH is 1. The summed E-state index contributed by atoms with van der Waals surface area (Å²) in [5, 5.41) is 9.09. The maximum atomic E-state index is 9.09. The summed E-state index contributed by atoms with van der Waals surface area (Å²) in [6, 6.07) is 3.91. The molecule has 1 aromatic rings. The van der Waals surface area contributed by atoms with Crippen LogP contribution in [0.15, 0.2) is 12.1 Å². The molecule has 0 radical (unpaired) electrons. The van der Waals surface area contributed by atoms with Crippen molar-refractivity contribution in [1.29, 1.82) is 0 Å². The average Bonchev–Trinajstić information content (AvgIpc) is 2.31. The molecular formula is C14H22O3. The number of hydrogen-bond donors (Lipinski definition) is 1. The molecule has 0 spiro atoms. The van der Waals surface area contributed by atoms with Gasteiger partial charge in [0.2, 0.25) is 0 Å². The lowest BCUT2D eigenvalue weighted by Gasteiger charge is -2.13. The molecule has 17 heavy (non-hydrogen) atoms. The molecular weight excluding hydrogens is 216 g/mol. The van der Waals surface area contributed by atoms with Gasteiger partial charge in [-0.05, 0) is 37.0 Å². The van der Waals surface area contributed by atoms with Gasteiger partial charge in [0.05, 0.1) is 13.2 Å². The Morgan fingerprint density at radius 2 is 1.71 bits per heavy atom. The summed E-state index contributed by atoms with van der Waals surface area (Å²) in [4.78, 5) is 0. The van der Waals surface area contributed by atoms with Gasteiger partial charge in [-0.1, -0.05) is 19.1 Å². The smallest absolute Gasteiger partial charge is 0.125 e. The highest BCUT2D eigenvalue weighted by Crippen LogP contribution is 2.24. The zero-order valence-corrected chi connectivity index (χ0v) is 11.0. The molecule has 0 saturated heterocycles. The van der Waals surface area contributed by atoms with Crippen molar-refractivity contribution in [3.05, 3.63) is 28.8 Å². The van der Waals surface area contributed by atoms with Crippen LogP contribution in [0, 0.1) is 13.8 Å². The van der Waals surface area contributed by atoms with Gasteiger partial charge in [-0.2, -0.15) is 0 Å². The Kier molecular flexibility index (Phi) is 6.01. The van der Waals surface area contributed by atoms with Crippen LogP contribution in [0.4, 0.5) is 0 Å². The number of aryl methyl sites for hydroxylation is 2. The van der Waals surface area contributed by atoms with E-state index in [-0.39, 0.29) is 6.61 Å². The molecule has 0 saturated carbocycles. The van der Waals surface area contributed by atoms with Crippen LogP contribution in [0.5, 0.6) is 5.75 Å². The molecule has 3 heteroatoms. The highest BCUT2D eigenvalue weighted by atomic mass is 16.5. The van der Waals surface area contributed by atoms with Crippen molar-refractivity contribution in [1.82, 2.24) is 0 Å². The summed E-state index contributed by atoms with van der Waals surface area (Å²) >= 11 is 0. The molecule has 0 unspecified atom stereocenters. The minimum absolute atomic E-state index is 0.0710. The van der Waals surface area contributed by atoms with Crippen LogP contribution in [0.1, 0.15) is 30.0 Å². The first-order chi connectivity index (χ1) is 8.19. The summed E-state index contributed by atoms with van der Waals surface area (Å²) in [6.07, 6.45) is 1.03. The fourth-order valence-electron chi connectivity index (χ4n) is 1.81. The van der Waals surface area contributed by atoms with Crippen LogP contribution in [-0.4, -0.2) is 24.9 Å². The molecule has 0 heterocycles. The van der Waals surface area contributed by atoms with E-state index in [1.54, 1.807) is 0 Å². The molecule has 0 fully saturated rings. The maximum absolute atomic E-state index is 9.09. The topological polar surface area (TPSA) is 38.7 Å². The molecule has 0 amide bonds. The SMILES string of the molecule is CCCOCCOc1c(C)cc(CO)cc1C. The Balaban J connectivity index is 2.53. The summed E-state index contributed by atoms with van der Waals surface area (Å²) in [5.41, 5.74) is 3.05. The van der Waals surface area contributed by atoms with E-state index < -0.39 is 0 Å². The molecule has 1 N–H and O–H groups in total. The number of rotatable bonds is 7. The van der Waals surface area contributed by atoms with Crippen LogP contribution in [0.25, 0.3) is 0 Å². The maximum Gasteiger partial charge on any atom is 0.125 e. The summed E-state index contributed by atoms with van der Waals surface area (Å²) in [7, 11) is 0. The Hall–Kier alpha value is -1.06. The van der Waals surface area contributed by atoms with Crippen molar-refractivity contribution in [3.8, 4) is 5.75 Å². The van der Waals surface area contributed by atoms with Gasteiger partial charge in [0.1, 0.15) is 12.4 Å². The average molecular weight is 238 g/mol. The van der Waals surface area contributed by atoms with Crippen molar-refractivity contribution in [2.45, 2.75) is 33.8 Å². The van der Waals surface area contributed by atoms with E-state index in [4.69, 9.17) is 14.6 Å². The van der Waals surface area contributed by atoms with E-state index in [2.05, 4.69) is 6.92 Å². The molecule has 0 bridgehead atoms. The first-order valence-electron chi connectivity index (χ1n) is 6.10. The monoisotopic (exact) mass is 238 g/mol. The minimum atomic E-state index is 0.0710. The highest BCUT2D eigenvalue weighted by molar-refractivity contribution is 5.43. The molecule has 3 nitrogen and oxygen atoms in total.